The molecule has 0 radical (unpaired) electrons. The van der Waals surface area contributed by atoms with Crippen LogP contribution in [-0.2, 0) is 11.2 Å². The molecule has 0 spiro atoms. The summed E-state index contributed by atoms with van der Waals surface area (Å²) in [6.07, 6.45) is 5.40. The molecule has 0 aliphatic heterocycles. The third-order valence-electron chi connectivity index (χ3n) is 3.25. The number of aliphatic carboxylic acids is 1. The molecule has 2 rings (SSSR count). The highest BCUT2D eigenvalue weighted by molar-refractivity contribution is 6.30. The summed E-state index contributed by atoms with van der Waals surface area (Å²) in [6.45, 7) is 0. The number of hydrogen-bond acceptors (Lipinski definition) is 1. The van der Waals surface area contributed by atoms with E-state index >= 15 is 0 Å². The van der Waals surface area contributed by atoms with Gasteiger partial charge in [-0.15, -0.1) is 0 Å². The number of hydrogen-bond donors (Lipinski definition) is 1. The van der Waals surface area contributed by atoms with Gasteiger partial charge in [-0.2, -0.15) is 0 Å². The summed E-state index contributed by atoms with van der Waals surface area (Å²) in [5.74, 6) is -0.449. The van der Waals surface area contributed by atoms with E-state index < -0.39 is 5.97 Å². The molecule has 0 bridgehead atoms. The molecule has 3 heteroatoms. The lowest BCUT2D eigenvalue weighted by Gasteiger charge is -2.11. The van der Waals surface area contributed by atoms with Crippen molar-refractivity contribution in [2.75, 3.05) is 0 Å². The predicted octanol–water partition coefficient (Wildman–Crippen LogP) is 3.69. The molecule has 1 aromatic carbocycles. The molecule has 1 aromatic rings. The number of allylic oxidation sites excluding steroid dienone is 1. The second kappa shape index (κ2) is 5.37. The van der Waals surface area contributed by atoms with E-state index in [1.54, 1.807) is 0 Å². The zero-order valence-corrected chi connectivity index (χ0v) is 10.3. The number of halogens is 1. The number of carbonyl (C=O) groups is 1. The van der Waals surface area contributed by atoms with Crippen molar-refractivity contribution < 1.29 is 9.90 Å². The van der Waals surface area contributed by atoms with E-state index in [4.69, 9.17) is 16.7 Å². The molecule has 2 nitrogen and oxygen atoms in total. The Hall–Kier alpha value is -1.28. The Bertz CT molecular complexity index is 434. The van der Waals surface area contributed by atoms with Crippen LogP contribution in [0.3, 0.4) is 0 Å². The molecule has 1 fully saturated rings. The highest BCUT2D eigenvalue weighted by Gasteiger charge is 2.21. The van der Waals surface area contributed by atoms with Crippen LogP contribution in [0.1, 0.15) is 24.8 Å². The standard InChI is InChI=1S/C14H15ClO2/c15-13-6-4-10(5-7-13)8-11-2-1-3-12(11)9-14(16)17/h4-7,9,11H,1-3,8H2,(H,16,17)/b12-9+. The zero-order valence-electron chi connectivity index (χ0n) is 9.53. The summed E-state index contributed by atoms with van der Waals surface area (Å²) in [5, 5.41) is 9.54. The quantitative estimate of drug-likeness (QED) is 0.831. The molecule has 0 saturated heterocycles. The van der Waals surface area contributed by atoms with Gasteiger partial charge in [-0.05, 0) is 49.3 Å². The van der Waals surface area contributed by atoms with E-state index in [1.165, 1.54) is 11.6 Å². The van der Waals surface area contributed by atoms with Gasteiger partial charge in [0.2, 0.25) is 0 Å². The van der Waals surface area contributed by atoms with Gasteiger partial charge in [-0.25, -0.2) is 4.79 Å². The van der Waals surface area contributed by atoms with Crippen LogP contribution in [0.5, 0.6) is 0 Å². The Labute approximate surface area is 106 Å². The SMILES string of the molecule is O=C(O)/C=C1\CCCC1Cc1ccc(Cl)cc1. The molecule has 1 N–H and O–H groups in total. The normalized spacial score (nSPS) is 21.9. The Morgan fingerprint density at radius 2 is 2.12 bits per heavy atom. The number of benzene rings is 1. The lowest BCUT2D eigenvalue weighted by atomic mass is 9.94. The Morgan fingerprint density at radius 3 is 2.76 bits per heavy atom. The number of carboxylic acid groups (broad SMARTS) is 1. The van der Waals surface area contributed by atoms with Crippen molar-refractivity contribution in [1.82, 2.24) is 0 Å². The van der Waals surface area contributed by atoms with E-state index in [0.29, 0.717) is 5.92 Å². The fourth-order valence-electron chi connectivity index (χ4n) is 2.43. The molecule has 1 saturated carbocycles. The molecular weight excluding hydrogens is 236 g/mol. The Morgan fingerprint density at radius 1 is 1.41 bits per heavy atom. The average molecular weight is 251 g/mol. The molecule has 17 heavy (non-hydrogen) atoms. The first-order chi connectivity index (χ1) is 8.15. The first kappa shape index (κ1) is 12.2. The van der Waals surface area contributed by atoms with Gasteiger partial charge < -0.3 is 5.11 Å². The zero-order chi connectivity index (χ0) is 12.3. The second-order valence-electron chi connectivity index (χ2n) is 4.48. The van der Waals surface area contributed by atoms with Crippen LogP contribution >= 0.6 is 11.6 Å². The largest absolute Gasteiger partial charge is 0.478 e. The summed E-state index contributed by atoms with van der Waals surface area (Å²) < 4.78 is 0. The maximum absolute atomic E-state index is 10.7. The fourth-order valence-corrected chi connectivity index (χ4v) is 2.55. The Balaban J connectivity index is 2.07. The van der Waals surface area contributed by atoms with E-state index in [0.717, 1.165) is 36.3 Å². The molecule has 1 atom stereocenters. The summed E-state index contributed by atoms with van der Waals surface area (Å²) in [5.41, 5.74) is 2.30. The highest BCUT2D eigenvalue weighted by atomic mass is 35.5. The van der Waals surface area contributed by atoms with Gasteiger partial charge in [0.15, 0.2) is 0 Å². The smallest absolute Gasteiger partial charge is 0.328 e. The average Bonchev–Trinajstić information content (AvgIpc) is 2.68. The van der Waals surface area contributed by atoms with Crippen LogP contribution in [-0.4, -0.2) is 11.1 Å². The second-order valence-corrected chi connectivity index (χ2v) is 4.91. The third-order valence-corrected chi connectivity index (χ3v) is 3.50. The number of rotatable bonds is 3. The van der Waals surface area contributed by atoms with E-state index in [1.807, 2.05) is 24.3 Å². The minimum atomic E-state index is -0.831. The van der Waals surface area contributed by atoms with Crippen molar-refractivity contribution in [2.45, 2.75) is 25.7 Å². The van der Waals surface area contributed by atoms with Gasteiger partial charge in [0.1, 0.15) is 0 Å². The van der Waals surface area contributed by atoms with Gasteiger partial charge in [0.25, 0.3) is 0 Å². The lowest BCUT2D eigenvalue weighted by Crippen LogP contribution is -2.03. The number of carboxylic acids is 1. The molecule has 1 unspecified atom stereocenters. The van der Waals surface area contributed by atoms with Crippen LogP contribution in [0.25, 0.3) is 0 Å². The van der Waals surface area contributed by atoms with Crippen molar-refractivity contribution >= 4 is 17.6 Å². The van der Waals surface area contributed by atoms with Crippen LogP contribution in [0.4, 0.5) is 0 Å². The first-order valence-corrected chi connectivity index (χ1v) is 6.21. The Kier molecular flexibility index (Phi) is 3.85. The maximum Gasteiger partial charge on any atom is 0.328 e. The summed E-state index contributed by atoms with van der Waals surface area (Å²) in [4.78, 5) is 10.7. The first-order valence-electron chi connectivity index (χ1n) is 5.83. The molecular formula is C14H15ClO2. The van der Waals surface area contributed by atoms with Crippen LogP contribution < -0.4 is 0 Å². The molecule has 90 valence electrons. The molecule has 0 amide bonds. The molecule has 1 aliphatic rings. The summed E-state index contributed by atoms with van der Waals surface area (Å²) >= 11 is 5.84. The van der Waals surface area contributed by atoms with Gasteiger partial charge >= 0.3 is 5.97 Å². The topological polar surface area (TPSA) is 37.3 Å². The van der Waals surface area contributed by atoms with Gasteiger partial charge in [-0.1, -0.05) is 29.3 Å². The summed E-state index contributed by atoms with van der Waals surface area (Å²) in [7, 11) is 0. The minimum Gasteiger partial charge on any atom is -0.478 e. The highest BCUT2D eigenvalue weighted by Crippen LogP contribution is 2.33. The van der Waals surface area contributed by atoms with Crippen molar-refractivity contribution in [3.05, 3.63) is 46.5 Å². The van der Waals surface area contributed by atoms with E-state index in [2.05, 4.69) is 0 Å². The minimum absolute atomic E-state index is 0.382. The molecule has 0 heterocycles. The van der Waals surface area contributed by atoms with Crippen LogP contribution in [0, 0.1) is 5.92 Å². The van der Waals surface area contributed by atoms with E-state index in [-0.39, 0.29) is 0 Å². The van der Waals surface area contributed by atoms with Gasteiger partial charge in [-0.3, -0.25) is 0 Å². The van der Waals surface area contributed by atoms with Crippen molar-refractivity contribution in [2.24, 2.45) is 5.92 Å². The van der Waals surface area contributed by atoms with E-state index in [9.17, 15) is 4.79 Å². The van der Waals surface area contributed by atoms with Crippen molar-refractivity contribution in [1.29, 1.82) is 0 Å². The fraction of sp³-hybridized carbons (Fsp3) is 0.357. The monoisotopic (exact) mass is 250 g/mol. The molecule has 1 aliphatic carbocycles. The van der Waals surface area contributed by atoms with Crippen LogP contribution in [0.15, 0.2) is 35.9 Å². The predicted molar refractivity (Wildman–Crippen MR) is 68.2 cm³/mol. The maximum atomic E-state index is 10.7. The summed E-state index contributed by atoms with van der Waals surface area (Å²) in [6, 6.07) is 7.79. The van der Waals surface area contributed by atoms with Crippen molar-refractivity contribution in [3.63, 3.8) is 0 Å². The van der Waals surface area contributed by atoms with Gasteiger partial charge in [0.05, 0.1) is 0 Å². The van der Waals surface area contributed by atoms with Crippen molar-refractivity contribution in [3.8, 4) is 0 Å². The van der Waals surface area contributed by atoms with Crippen LogP contribution in [0.2, 0.25) is 5.02 Å². The molecule has 0 aromatic heterocycles. The lowest BCUT2D eigenvalue weighted by molar-refractivity contribution is -0.131. The van der Waals surface area contributed by atoms with Gasteiger partial charge in [0, 0.05) is 11.1 Å². The third kappa shape index (κ3) is 3.34.